The van der Waals surface area contributed by atoms with E-state index in [4.69, 9.17) is 10.2 Å². The van der Waals surface area contributed by atoms with Gasteiger partial charge in [-0.3, -0.25) is 0 Å². The maximum absolute atomic E-state index is 13.6. The summed E-state index contributed by atoms with van der Waals surface area (Å²) in [5, 5.41) is 0. The quantitative estimate of drug-likeness (QED) is 0.816. The molecule has 0 radical (unpaired) electrons. The number of oxazole rings is 1. The lowest BCUT2D eigenvalue weighted by atomic mass is 10.3. The number of halogens is 2. The molecule has 9 heteroatoms. The first-order valence-electron chi connectivity index (χ1n) is 6.01. The van der Waals surface area contributed by atoms with Gasteiger partial charge in [0.2, 0.25) is 15.9 Å². The fraction of sp³-hybridized carbons (Fsp3) is 0.250. The zero-order valence-electron chi connectivity index (χ0n) is 11.1. The Labute approximate surface area is 120 Å². The van der Waals surface area contributed by atoms with Gasteiger partial charge in [0.25, 0.3) is 0 Å². The van der Waals surface area contributed by atoms with Crippen molar-refractivity contribution >= 4 is 15.7 Å². The van der Waals surface area contributed by atoms with E-state index >= 15 is 0 Å². The van der Waals surface area contributed by atoms with Crippen molar-refractivity contribution < 1.29 is 21.6 Å². The molecule has 0 aliphatic carbocycles. The third-order valence-electron chi connectivity index (χ3n) is 2.65. The second-order valence-corrected chi connectivity index (χ2v) is 5.92. The summed E-state index contributed by atoms with van der Waals surface area (Å²) < 4.78 is 58.3. The number of benzene rings is 1. The van der Waals surface area contributed by atoms with Crippen molar-refractivity contribution in [2.75, 3.05) is 5.73 Å². The average Bonchev–Trinajstić information content (AvgIpc) is 2.82. The molecule has 1 heterocycles. The first kappa shape index (κ1) is 15.4. The summed E-state index contributed by atoms with van der Waals surface area (Å²) in [5.41, 5.74) is 5.03. The fourth-order valence-corrected chi connectivity index (χ4v) is 2.75. The molecule has 2 rings (SSSR count). The molecule has 0 fully saturated rings. The molecule has 0 bridgehead atoms. The Morgan fingerprint density at radius 3 is 2.48 bits per heavy atom. The Morgan fingerprint density at radius 1 is 1.33 bits per heavy atom. The number of aromatic nitrogens is 1. The van der Waals surface area contributed by atoms with Crippen molar-refractivity contribution in [1.29, 1.82) is 0 Å². The fourth-order valence-electron chi connectivity index (χ4n) is 1.66. The lowest BCUT2D eigenvalue weighted by molar-refractivity contribution is 0.450. The topological polar surface area (TPSA) is 98.2 Å². The molecule has 3 N–H and O–H groups in total. The van der Waals surface area contributed by atoms with E-state index in [2.05, 4.69) is 4.98 Å². The summed E-state index contributed by atoms with van der Waals surface area (Å²) in [6.07, 6.45) is 2.05. The van der Waals surface area contributed by atoms with E-state index in [-0.39, 0.29) is 18.1 Å². The van der Waals surface area contributed by atoms with Crippen LogP contribution in [0.5, 0.6) is 0 Å². The lowest BCUT2D eigenvalue weighted by Gasteiger charge is -2.08. The molecule has 0 amide bonds. The van der Waals surface area contributed by atoms with Crippen LogP contribution in [0.2, 0.25) is 0 Å². The minimum absolute atomic E-state index is 0.103. The van der Waals surface area contributed by atoms with Crippen molar-refractivity contribution in [3.05, 3.63) is 41.6 Å². The average molecular weight is 317 g/mol. The number of anilines is 1. The molecule has 0 aliphatic heterocycles. The van der Waals surface area contributed by atoms with Gasteiger partial charge in [-0.15, -0.1) is 0 Å². The zero-order valence-corrected chi connectivity index (χ0v) is 11.9. The highest BCUT2D eigenvalue weighted by atomic mass is 32.2. The van der Waals surface area contributed by atoms with Gasteiger partial charge in [-0.2, -0.15) is 0 Å². The van der Waals surface area contributed by atoms with Gasteiger partial charge in [-0.1, -0.05) is 6.92 Å². The number of hydrogen-bond donors (Lipinski definition) is 2. The number of nitrogens with one attached hydrogen (secondary N) is 1. The molecule has 6 nitrogen and oxygen atoms in total. The molecular weight excluding hydrogens is 304 g/mol. The molecule has 21 heavy (non-hydrogen) atoms. The van der Waals surface area contributed by atoms with Gasteiger partial charge in [-0.25, -0.2) is 26.9 Å². The normalized spacial score (nSPS) is 11.8. The summed E-state index contributed by atoms with van der Waals surface area (Å²) in [5.74, 6) is -1.84. The maximum atomic E-state index is 13.6. The Morgan fingerprint density at radius 2 is 1.95 bits per heavy atom. The Kier molecular flexibility index (Phi) is 4.24. The molecule has 2 aromatic rings. The van der Waals surface area contributed by atoms with Gasteiger partial charge < -0.3 is 10.2 Å². The molecular formula is C12H13F2N3O3S. The number of nitrogens with zero attached hydrogens (tertiary/aromatic N) is 1. The largest absolute Gasteiger partial charge is 0.444 e. The molecule has 1 aromatic carbocycles. The molecule has 0 atom stereocenters. The minimum Gasteiger partial charge on any atom is -0.444 e. The van der Waals surface area contributed by atoms with Gasteiger partial charge in [-0.05, 0) is 12.1 Å². The number of aryl methyl sites for hydroxylation is 1. The Balaban J connectivity index is 2.23. The number of rotatable bonds is 5. The van der Waals surface area contributed by atoms with Crippen molar-refractivity contribution in [3.63, 3.8) is 0 Å². The highest BCUT2D eigenvalue weighted by Crippen LogP contribution is 2.21. The van der Waals surface area contributed by atoms with Crippen LogP contribution in [0.3, 0.4) is 0 Å². The van der Waals surface area contributed by atoms with Crippen LogP contribution in [0, 0.1) is 11.6 Å². The van der Waals surface area contributed by atoms with Crippen molar-refractivity contribution in [2.24, 2.45) is 0 Å². The second kappa shape index (κ2) is 5.78. The molecule has 0 saturated heterocycles. The number of nitrogen functional groups attached to an aromatic ring is 1. The van der Waals surface area contributed by atoms with Gasteiger partial charge in [0.1, 0.15) is 17.4 Å². The standard InChI is InChI=1S/C12H13F2N3O3S/c1-2-8-5-16-11(20-8)6-17-21(18,19)12-9(13)3-7(15)4-10(12)14/h3-5,17H,2,6,15H2,1H3. The van der Waals surface area contributed by atoms with Crippen LogP contribution in [0.4, 0.5) is 14.5 Å². The van der Waals surface area contributed by atoms with E-state index in [1.165, 1.54) is 6.20 Å². The summed E-state index contributed by atoms with van der Waals surface area (Å²) >= 11 is 0. The number of sulfonamides is 1. The van der Waals surface area contributed by atoms with E-state index in [1.54, 1.807) is 0 Å². The highest BCUT2D eigenvalue weighted by molar-refractivity contribution is 7.89. The van der Waals surface area contributed by atoms with E-state index in [0.717, 1.165) is 12.1 Å². The zero-order chi connectivity index (χ0) is 15.6. The van der Waals surface area contributed by atoms with Gasteiger partial charge in [0, 0.05) is 12.1 Å². The predicted octanol–water partition coefficient (Wildman–Crippen LogP) is 1.58. The first-order chi connectivity index (χ1) is 9.83. The summed E-state index contributed by atoms with van der Waals surface area (Å²) in [6, 6.07) is 1.47. The van der Waals surface area contributed by atoms with Crippen LogP contribution in [-0.4, -0.2) is 13.4 Å². The Bertz CT molecular complexity index is 736. The van der Waals surface area contributed by atoms with Gasteiger partial charge in [0.05, 0.1) is 12.7 Å². The smallest absolute Gasteiger partial charge is 0.246 e. The van der Waals surface area contributed by atoms with Crippen molar-refractivity contribution in [1.82, 2.24) is 9.71 Å². The van der Waals surface area contributed by atoms with Crippen LogP contribution >= 0.6 is 0 Å². The third-order valence-corrected chi connectivity index (χ3v) is 4.10. The van der Waals surface area contributed by atoms with Crippen LogP contribution in [0.25, 0.3) is 0 Å². The number of hydrogen-bond acceptors (Lipinski definition) is 5. The second-order valence-electron chi connectivity index (χ2n) is 4.21. The molecule has 0 spiro atoms. The first-order valence-corrected chi connectivity index (χ1v) is 7.49. The van der Waals surface area contributed by atoms with Crippen LogP contribution in [0.1, 0.15) is 18.6 Å². The van der Waals surface area contributed by atoms with Crippen molar-refractivity contribution in [3.8, 4) is 0 Å². The van der Waals surface area contributed by atoms with Crippen LogP contribution in [-0.2, 0) is 23.0 Å². The third kappa shape index (κ3) is 3.37. The van der Waals surface area contributed by atoms with E-state index in [9.17, 15) is 17.2 Å². The summed E-state index contributed by atoms with van der Waals surface area (Å²) in [6.45, 7) is 1.53. The van der Waals surface area contributed by atoms with E-state index in [0.29, 0.717) is 12.2 Å². The lowest BCUT2D eigenvalue weighted by Crippen LogP contribution is -2.25. The molecule has 0 saturated carbocycles. The highest BCUT2D eigenvalue weighted by Gasteiger charge is 2.25. The molecule has 1 aromatic heterocycles. The van der Waals surface area contributed by atoms with Crippen LogP contribution < -0.4 is 10.5 Å². The molecule has 114 valence electrons. The molecule has 0 aliphatic rings. The Hall–Kier alpha value is -2.00. The van der Waals surface area contributed by atoms with Gasteiger partial charge >= 0.3 is 0 Å². The SMILES string of the molecule is CCc1cnc(CNS(=O)(=O)c2c(F)cc(N)cc2F)o1. The van der Waals surface area contributed by atoms with E-state index in [1.807, 2.05) is 11.6 Å². The monoisotopic (exact) mass is 317 g/mol. The predicted molar refractivity (Wildman–Crippen MR) is 70.7 cm³/mol. The van der Waals surface area contributed by atoms with Crippen molar-refractivity contribution in [2.45, 2.75) is 24.8 Å². The molecule has 0 unspecified atom stereocenters. The van der Waals surface area contributed by atoms with Crippen LogP contribution in [0.15, 0.2) is 27.6 Å². The summed E-state index contributed by atoms with van der Waals surface area (Å²) in [7, 11) is -4.39. The number of nitrogens with two attached hydrogens (primary N) is 1. The summed E-state index contributed by atoms with van der Waals surface area (Å²) in [4.78, 5) is 2.76. The maximum Gasteiger partial charge on any atom is 0.246 e. The van der Waals surface area contributed by atoms with E-state index < -0.39 is 26.6 Å². The van der Waals surface area contributed by atoms with Gasteiger partial charge in [0.15, 0.2) is 4.90 Å². The minimum atomic E-state index is -4.39.